The molecule has 3 rings (SSSR count). The SMILES string of the molecule is O=C(COc1ccc2ccc(=O)oc2c1)N[C@@H](CSCc1ccccc1)C(=O)[O-]. The Morgan fingerprint density at radius 2 is 1.86 bits per heavy atom. The molecule has 0 bridgehead atoms. The summed E-state index contributed by atoms with van der Waals surface area (Å²) in [6, 6.07) is 16.2. The molecule has 0 aliphatic carbocycles. The smallest absolute Gasteiger partial charge is 0.336 e. The van der Waals surface area contributed by atoms with E-state index in [1.54, 1.807) is 18.2 Å². The number of amides is 1. The molecule has 0 radical (unpaired) electrons. The number of ether oxygens (including phenoxy) is 1. The molecule has 1 aromatic heterocycles. The van der Waals surface area contributed by atoms with Crippen molar-refractivity contribution in [3.8, 4) is 5.75 Å². The van der Waals surface area contributed by atoms with Crippen LogP contribution in [0.4, 0.5) is 0 Å². The number of nitrogens with one attached hydrogen (secondary N) is 1. The van der Waals surface area contributed by atoms with Gasteiger partial charge in [-0.05, 0) is 23.8 Å². The molecule has 1 amide bonds. The molecule has 0 saturated carbocycles. The van der Waals surface area contributed by atoms with Gasteiger partial charge in [-0.25, -0.2) is 4.79 Å². The molecular formula is C21H18NO6S-. The van der Waals surface area contributed by atoms with E-state index >= 15 is 0 Å². The van der Waals surface area contributed by atoms with Crippen LogP contribution in [0.2, 0.25) is 0 Å². The van der Waals surface area contributed by atoms with Crippen molar-refractivity contribution in [2.45, 2.75) is 11.8 Å². The fraction of sp³-hybridized carbons (Fsp3) is 0.190. The number of hydrogen-bond donors (Lipinski definition) is 1. The summed E-state index contributed by atoms with van der Waals surface area (Å²) in [5.41, 5.74) is 0.907. The van der Waals surface area contributed by atoms with E-state index < -0.39 is 23.5 Å². The van der Waals surface area contributed by atoms with Gasteiger partial charge in [0.2, 0.25) is 0 Å². The lowest BCUT2D eigenvalue weighted by molar-refractivity contribution is -0.307. The van der Waals surface area contributed by atoms with E-state index in [-0.39, 0.29) is 12.4 Å². The minimum absolute atomic E-state index is 0.171. The molecule has 0 fully saturated rings. The van der Waals surface area contributed by atoms with Crippen molar-refractivity contribution in [1.82, 2.24) is 5.32 Å². The first-order valence-electron chi connectivity index (χ1n) is 8.80. The molecule has 1 heterocycles. The molecule has 0 saturated heterocycles. The lowest BCUT2D eigenvalue weighted by atomic mass is 10.2. The van der Waals surface area contributed by atoms with Crippen LogP contribution in [0, 0.1) is 0 Å². The van der Waals surface area contributed by atoms with Gasteiger partial charge in [-0.15, -0.1) is 0 Å². The Morgan fingerprint density at radius 3 is 2.62 bits per heavy atom. The second-order valence-electron chi connectivity index (χ2n) is 6.18. The maximum atomic E-state index is 12.1. The van der Waals surface area contributed by atoms with Gasteiger partial charge in [-0.2, -0.15) is 11.8 Å². The Labute approximate surface area is 170 Å². The van der Waals surface area contributed by atoms with E-state index in [9.17, 15) is 19.5 Å². The number of hydrogen-bond acceptors (Lipinski definition) is 7. The second-order valence-corrected chi connectivity index (χ2v) is 7.21. The highest BCUT2D eigenvalue weighted by Gasteiger charge is 2.14. The Morgan fingerprint density at radius 1 is 1.10 bits per heavy atom. The molecule has 29 heavy (non-hydrogen) atoms. The van der Waals surface area contributed by atoms with Gasteiger partial charge in [0.1, 0.15) is 11.3 Å². The molecule has 0 spiro atoms. The van der Waals surface area contributed by atoms with E-state index in [0.29, 0.717) is 22.5 Å². The van der Waals surface area contributed by atoms with E-state index in [1.807, 2.05) is 30.3 Å². The average Bonchev–Trinajstić information content (AvgIpc) is 2.72. The summed E-state index contributed by atoms with van der Waals surface area (Å²) in [5.74, 6) is -0.824. The number of rotatable bonds is 9. The van der Waals surface area contributed by atoms with Crippen LogP contribution in [-0.4, -0.2) is 30.3 Å². The lowest BCUT2D eigenvalue weighted by Crippen LogP contribution is -2.50. The molecule has 7 nitrogen and oxygen atoms in total. The first kappa shape index (κ1) is 20.5. The molecule has 3 aromatic rings. The number of carbonyl (C=O) groups excluding carboxylic acids is 2. The van der Waals surface area contributed by atoms with Crippen molar-refractivity contribution in [2.24, 2.45) is 0 Å². The maximum Gasteiger partial charge on any atom is 0.336 e. The largest absolute Gasteiger partial charge is 0.548 e. The predicted octanol–water partition coefficient (Wildman–Crippen LogP) is 1.34. The summed E-state index contributed by atoms with van der Waals surface area (Å²) in [4.78, 5) is 34.7. The van der Waals surface area contributed by atoms with E-state index in [4.69, 9.17) is 9.15 Å². The third kappa shape index (κ3) is 6.11. The van der Waals surface area contributed by atoms with Crippen molar-refractivity contribution >= 4 is 34.6 Å². The number of benzene rings is 2. The minimum atomic E-state index is -1.36. The molecule has 8 heteroatoms. The number of fused-ring (bicyclic) bond motifs is 1. The van der Waals surface area contributed by atoms with Crippen molar-refractivity contribution in [3.63, 3.8) is 0 Å². The number of thioether (sulfide) groups is 1. The topological polar surface area (TPSA) is 109 Å². The van der Waals surface area contributed by atoms with Crippen LogP contribution in [0.1, 0.15) is 5.56 Å². The fourth-order valence-corrected chi connectivity index (χ4v) is 3.55. The highest BCUT2D eigenvalue weighted by Crippen LogP contribution is 2.19. The summed E-state index contributed by atoms with van der Waals surface area (Å²) in [7, 11) is 0. The molecular weight excluding hydrogens is 394 g/mol. The molecule has 2 aromatic carbocycles. The van der Waals surface area contributed by atoms with Crippen LogP contribution in [-0.2, 0) is 15.3 Å². The van der Waals surface area contributed by atoms with Crippen LogP contribution in [0.25, 0.3) is 11.0 Å². The molecule has 0 aliphatic rings. The van der Waals surface area contributed by atoms with Gasteiger partial charge in [-0.3, -0.25) is 4.79 Å². The standard InChI is InChI=1S/C21H19NO6S/c23-19(11-27-16-8-6-15-7-9-20(24)28-18(15)10-16)22-17(21(25)26)13-29-12-14-4-2-1-3-5-14/h1-10,17H,11-13H2,(H,22,23)(H,25,26)/p-1/t17-/m0/s1. The molecule has 1 N–H and O–H groups in total. The van der Waals surface area contributed by atoms with Gasteiger partial charge >= 0.3 is 5.63 Å². The number of carbonyl (C=O) groups is 2. The van der Waals surface area contributed by atoms with Crippen molar-refractivity contribution < 1.29 is 23.8 Å². The lowest BCUT2D eigenvalue weighted by Gasteiger charge is -2.19. The fourth-order valence-electron chi connectivity index (χ4n) is 2.55. The summed E-state index contributed by atoms with van der Waals surface area (Å²) in [5, 5.41) is 14.4. The summed E-state index contributed by atoms with van der Waals surface area (Å²) < 4.78 is 10.4. The summed E-state index contributed by atoms with van der Waals surface area (Å²) in [6.45, 7) is -0.379. The van der Waals surface area contributed by atoms with Crippen LogP contribution in [0.5, 0.6) is 5.75 Å². The Bertz CT molecular complexity index is 1050. The van der Waals surface area contributed by atoms with Crippen LogP contribution < -0.4 is 20.8 Å². The van der Waals surface area contributed by atoms with Gasteiger partial charge < -0.3 is 24.4 Å². The third-order valence-electron chi connectivity index (χ3n) is 3.98. The monoisotopic (exact) mass is 412 g/mol. The Hall–Kier alpha value is -3.26. The Kier molecular flexibility index (Phi) is 6.91. The van der Waals surface area contributed by atoms with Crippen LogP contribution in [0.3, 0.4) is 0 Å². The zero-order valence-corrected chi connectivity index (χ0v) is 16.1. The zero-order chi connectivity index (χ0) is 20.6. The first-order chi connectivity index (χ1) is 14.0. The van der Waals surface area contributed by atoms with Gasteiger partial charge in [-0.1, -0.05) is 30.3 Å². The number of carboxylic acids is 1. The molecule has 0 aliphatic heterocycles. The van der Waals surface area contributed by atoms with Crippen molar-refractivity contribution in [3.05, 3.63) is 76.6 Å². The van der Waals surface area contributed by atoms with Crippen molar-refractivity contribution in [1.29, 1.82) is 0 Å². The van der Waals surface area contributed by atoms with Crippen molar-refractivity contribution in [2.75, 3.05) is 12.4 Å². The number of carboxylic acid groups (broad SMARTS) is 1. The summed E-state index contributed by atoms with van der Waals surface area (Å²) in [6.07, 6.45) is 0. The zero-order valence-electron chi connectivity index (χ0n) is 15.3. The Balaban J connectivity index is 1.51. The quantitative estimate of drug-likeness (QED) is 0.528. The normalized spacial score (nSPS) is 11.7. The average molecular weight is 412 g/mol. The third-order valence-corrected chi connectivity index (χ3v) is 5.09. The van der Waals surface area contributed by atoms with E-state index in [2.05, 4.69) is 5.32 Å². The summed E-state index contributed by atoms with van der Waals surface area (Å²) >= 11 is 1.38. The highest BCUT2D eigenvalue weighted by atomic mass is 32.2. The maximum absolute atomic E-state index is 12.1. The van der Waals surface area contributed by atoms with Gasteiger partial charge in [0.15, 0.2) is 6.61 Å². The van der Waals surface area contributed by atoms with E-state index in [1.165, 1.54) is 23.9 Å². The van der Waals surface area contributed by atoms with Crippen LogP contribution in [0.15, 0.2) is 69.9 Å². The molecule has 150 valence electrons. The van der Waals surface area contributed by atoms with Crippen LogP contribution >= 0.6 is 11.8 Å². The molecule has 1 atom stereocenters. The number of aliphatic carboxylic acids is 1. The minimum Gasteiger partial charge on any atom is -0.548 e. The predicted molar refractivity (Wildman–Crippen MR) is 108 cm³/mol. The van der Waals surface area contributed by atoms with Gasteiger partial charge in [0.05, 0.1) is 12.0 Å². The highest BCUT2D eigenvalue weighted by molar-refractivity contribution is 7.98. The van der Waals surface area contributed by atoms with Gasteiger partial charge in [0, 0.05) is 29.0 Å². The van der Waals surface area contributed by atoms with Gasteiger partial charge in [0.25, 0.3) is 5.91 Å². The molecule has 0 unspecified atom stereocenters. The second kappa shape index (κ2) is 9.79. The van der Waals surface area contributed by atoms with E-state index in [0.717, 1.165) is 5.56 Å². The first-order valence-corrected chi connectivity index (χ1v) is 9.95.